The molecule has 1 saturated heterocycles. The van der Waals surface area contributed by atoms with Gasteiger partial charge in [-0.1, -0.05) is 29.4 Å². The van der Waals surface area contributed by atoms with E-state index < -0.39 is 0 Å². The van der Waals surface area contributed by atoms with Crippen molar-refractivity contribution in [2.45, 2.75) is 27.3 Å². The van der Waals surface area contributed by atoms with E-state index in [1.54, 1.807) is 0 Å². The van der Waals surface area contributed by atoms with Crippen LogP contribution in [0.1, 0.15) is 22.7 Å². The molecule has 0 aliphatic carbocycles. The van der Waals surface area contributed by atoms with Gasteiger partial charge in [0.15, 0.2) is 11.5 Å². The summed E-state index contributed by atoms with van der Waals surface area (Å²) in [5.74, 6) is 2.74. The average molecular weight is 419 g/mol. The van der Waals surface area contributed by atoms with Crippen LogP contribution in [0.4, 0.5) is 11.6 Å². The highest BCUT2D eigenvalue weighted by Gasteiger charge is 2.19. The number of imidazole rings is 1. The van der Waals surface area contributed by atoms with E-state index in [1.807, 2.05) is 33.2 Å². The van der Waals surface area contributed by atoms with Gasteiger partial charge in [0.1, 0.15) is 11.6 Å². The van der Waals surface area contributed by atoms with E-state index in [0.29, 0.717) is 6.54 Å². The van der Waals surface area contributed by atoms with E-state index in [4.69, 9.17) is 14.2 Å². The van der Waals surface area contributed by atoms with E-state index in [-0.39, 0.29) is 0 Å². The van der Waals surface area contributed by atoms with Crippen LogP contribution in [0.5, 0.6) is 0 Å². The molecule has 4 aromatic rings. The van der Waals surface area contributed by atoms with E-state index >= 15 is 0 Å². The fourth-order valence-corrected chi connectivity index (χ4v) is 4.16. The van der Waals surface area contributed by atoms with Crippen molar-refractivity contribution in [2.75, 3.05) is 36.5 Å². The zero-order valence-electron chi connectivity index (χ0n) is 18.1. The second-order valence-electron chi connectivity index (χ2n) is 7.84. The lowest BCUT2D eigenvalue weighted by molar-refractivity contribution is 0.122. The number of benzene rings is 1. The van der Waals surface area contributed by atoms with Crippen molar-refractivity contribution in [3.05, 3.63) is 59.4 Å². The van der Waals surface area contributed by atoms with Gasteiger partial charge in [-0.25, -0.2) is 9.97 Å². The minimum atomic E-state index is 0.700. The zero-order chi connectivity index (χ0) is 21.4. The van der Waals surface area contributed by atoms with Crippen LogP contribution >= 0.6 is 0 Å². The standard InChI is InChI=1S/C23H26N6O2/c1-15-20(17(3)31-27-15)19-6-4-18(5-7-19)14-25-21-16(2)26-23-22(24-8-9-29(21)23)28-10-12-30-13-11-28/h4-9,25H,10-14H2,1-3H3. The molecule has 1 fully saturated rings. The monoisotopic (exact) mass is 418 g/mol. The predicted octanol–water partition coefficient (Wildman–Crippen LogP) is 3.76. The van der Waals surface area contributed by atoms with Crippen LogP contribution in [0.25, 0.3) is 16.8 Å². The molecule has 0 amide bonds. The van der Waals surface area contributed by atoms with Gasteiger partial charge in [0.2, 0.25) is 0 Å². The fourth-order valence-electron chi connectivity index (χ4n) is 4.16. The molecule has 0 spiro atoms. The number of anilines is 2. The molecule has 5 rings (SSSR count). The lowest BCUT2D eigenvalue weighted by Gasteiger charge is -2.27. The molecule has 0 atom stereocenters. The van der Waals surface area contributed by atoms with Crippen LogP contribution < -0.4 is 10.2 Å². The first-order valence-electron chi connectivity index (χ1n) is 10.5. The second kappa shape index (κ2) is 8.03. The zero-order valence-corrected chi connectivity index (χ0v) is 18.1. The maximum absolute atomic E-state index is 5.48. The highest BCUT2D eigenvalue weighted by atomic mass is 16.5. The Kier molecular flexibility index (Phi) is 5.07. The third kappa shape index (κ3) is 3.63. The Morgan fingerprint density at radius 1 is 1.03 bits per heavy atom. The predicted molar refractivity (Wildman–Crippen MR) is 119 cm³/mol. The van der Waals surface area contributed by atoms with Crippen molar-refractivity contribution in [3.63, 3.8) is 0 Å². The van der Waals surface area contributed by atoms with Crippen molar-refractivity contribution in [1.29, 1.82) is 0 Å². The van der Waals surface area contributed by atoms with E-state index in [0.717, 1.165) is 71.9 Å². The van der Waals surface area contributed by atoms with Crippen LogP contribution in [0.3, 0.4) is 0 Å². The lowest BCUT2D eigenvalue weighted by Crippen LogP contribution is -2.37. The number of aryl methyl sites for hydroxylation is 3. The Balaban J connectivity index is 1.37. The van der Waals surface area contributed by atoms with Gasteiger partial charge >= 0.3 is 0 Å². The Bertz CT molecular complexity index is 1190. The van der Waals surface area contributed by atoms with Gasteiger partial charge in [-0.3, -0.25) is 4.40 Å². The molecule has 4 heterocycles. The first kappa shape index (κ1) is 19.6. The van der Waals surface area contributed by atoms with Gasteiger partial charge in [0, 0.05) is 37.6 Å². The van der Waals surface area contributed by atoms with Crippen LogP contribution in [-0.2, 0) is 11.3 Å². The second-order valence-corrected chi connectivity index (χ2v) is 7.84. The minimum absolute atomic E-state index is 0.700. The molecule has 1 aliphatic heterocycles. The smallest absolute Gasteiger partial charge is 0.182 e. The number of rotatable bonds is 5. The fraction of sp³-hybridized carbons (Fsp3) is 0.348. The van der Waals surface area contributed by atoms with Crippen LogP contribution in [-0.4, -0.2) is 45.8 Å². The van der Waals surface area contributed by atoms with Crippen LogP contribution in [0.2, 0.25) is 0 Å². The van der Waals surface area contributed by atoms with Gasteiger partial charge < -0.3 is 19.5 Å². The number of ether oxygens (including phenoxy) is 1. The molecule has 8 nitrogen and oxygen atoms in total. The van der Waals surface area contributed by atoms with E-state index in [2.05, 4.69) is 49.0 Å². The Hall–Kier alpha value is -3.39. The summed E-state index contributed by atoms with van der Waals surface area (Å²) < 4.78 is 12.9. The molecule has 0 unspecified atom stereocenters. The molecule has 160 valence electrons. The minimum Gasteiger partial charge on any atom is -0.378 e. The number of aromatic nitrogens is 4. The van der Waals surface area contributed by atoms with Gasteiger partial charge in [0.05, 0.1) is 24.6 Å². The lowest BCUT2D eigenvalue weighted by atomic mass is 10.0. The molecule has 8 heteroatoms. The molecule has 3 aromatic heterocycles. The number of nitrogens with one attached hydrogen (secondary N) is 1. The normalized spacial score (nSPS) is 14.4. The van der Waals surface area contributed by atoms with Gasteiger partial charge in [0.25, 0.3) is 0 Å². The van der Waals surface area contributed by atoms with Crippen molar-refractivity contribution in [1.82, 2.24) is 19.5 Å². The number of nitrogens with zero attached hydrogens (tertiary/aromatic N) is 5. The number of morpholine rings is 1. The van der Waals surface area contributed by atoms with Gasteiger partial charge in [-0.2, -0.15) is 0 Å². The van der Waals surface area contributed by atoms with Crippen molar-refractivity contribution < 1.29 is 9.26 Å². The van der Waals surface area contributed by atoms with Gasteiger partial charge in [-0.05, 0) is 31.9 Å². The molecule has 0 saturated carbocycles. The number of hydrogen-bond donors (Lipinski definition) is 1. The highest BCUT2D eigenvalue weighted by Crippen LogP contribution is 2.28. The maximum Gasteiger partial charge on any atom is 0.182 e. The van der Waals surface area contributed by atoms with Crippen LogP contribution in [0.15, 0.2) is 41.2 Å². The van der Waals surface area contributed by atoms with Crippen molar-refractivity contribution in [2.24, 2.45) is 0 Å². The number of fused-ring (bicyclic) bond motifs is 1. The van der Waals surface area contributed by atoms with Gasteiger partial charge in [-0.15, -0.1) is 0 Å². The Morgan fingerprint density at radius 2 is 1.81 bits per heavy atom. The number of hydrogen-bond acceptors (Lipinski definition) is 7. The third-order valence-electron chi connectivity index (χ3n) is 5.74. The molecule has 31 heavy (non-hydrogen) atoms. The summed E-state index contributed by atoms with van der Waals surface area (Å²) >= 11 is 0. The van der Waals surface area contributed by atoms with Crippen molar-refractivity contribution >= 4 is 17.3 Å². The largest absolute Gasteiger partial charge is 0.378 e. The van der Waals surface area contributed by atoms with Crippen molar-refractivity contribution in [3.8, 4) is 11.1 Å². The summed E-state index contributed by atoms with van der Waals surface area (Å²) in [6, 6.07) is 8.50. The molecular formula is C23H26N6O2. The molecule has 1 N–H and O–H groups in total. The molecular weight excluding hydrogens is 392 g/mol. The molecule has 0 radical (unpaired) electrons. The summed E-state index contributed by atoms with van der Waals surface area (Å²) in [6.45, 7) is 9.74. The summed E-state index contributed by atoms with van der Waals surface area (Å²) in [7, 11) is 0. The summed E-state index contributed by atoms with van der Waals surface area (Å²) in [5.41, 5.74) is 6.11. The van der Waals surface area contributed by atoms with Crippen LogP contribution in [0, 0.1) is 20.8 Å². The highest BCUT2D eigenvalue weighted by molar-refractivity contribution is 5.70. The summed E-state index contributed by atoms with van der Waals surface area (Å²) in [4.78, 5) is 11.6. The molecule has 0 bridgehead atoms. The average Bonchev–Trinajstić information content (AvgIpc) is 3.30. The van der Waals surface area contributed by atoms with E-state index in [1.165, 1.54) is 5.56 Å². The first-order chi connectivity index (χ1) is 15.1. The third-order valence-corrected chi connectivity index (χ3v) is 5.74. The molecule has 1 aromatic carbocycles. The maximum atomic E-state index is 5.48. The SMILES string of the molecule is Cc1noc(C)c1-c1ccc(CNc2c(C)nc3c(N4CCOCC4)nccn23)cc1. The van der Waals surface area contributed by atoms with E-state index in [9.17, 15) is 0 Å². The quantitative estimate of drug-likeness (QED) is 0.528. The summed E-state index contributed by atoms with van der Waals surface area (Å²) in [6.07, 6.45) is 3.80. The Labute approximate surface area is 180 Å². The topological polar surface area (TPSA) is 80.7 Å². The Morgan fingerprint density at radius 3 is 2.52 bits per heavy atom. The summed E-state index contributed by atoms with van der Waals surface area (Å²) in [5, 5.41) is 7.61. The molecule has 1 aliphatic rings. The first-order valence-corrected chi connectivity index (χ1v) is 10.5.